The standard InChI is InChI=1S/C23H25N3O5/c1-25(18-9-3-2-4-10-18)13-7-12-24-20(27)16-31-22(29)15-26-21(28)14-17-8-5-6-11-19(17)23(26)30/h2-6,8-11H,7,12-16H2,1H3,(H,24,27). The molecule has 0 aliphatic carbocycles. The second-order valence-corrected chi connectivity index (χ2v) is 7.24. The summed E-state index contributed by atoms with van der Waals surface area (Å²) in [6, 6.07) is 16.7. The third-order valence-corrected chi connectivity index (χ3v) is 4.98. The van der Waals surface area contributed by atoms with E-state index in [-0.39, 0.29) is 6.42 Å². The van der Waals surface area contributed by atoms with Crippen LogP contribution in [0.3, 0.4) is 0 Å². The van der Waals surface area contributed by atoms with E-state index in [2.05, 4.69) is 10.2 Å². The first-order valence-electron chi connectivity index (χ1n) is 10.1. The molecule has 2 aromatic carbocycles. The second kappa shape index (κ2) is 10.4. The third kappa shape index (κ3) is 5.91. The monoisotopic (exact) mass is 423 g/mol. The topological polar surface area (TPSA) is 96.0 Å². The first-order chi connectivity index (χ1) is 15.0. The maximum Gasteiger partial charge on any atom is 0.326 e. The molecule has 162 valence electrons. The van der Waals surface area contributed by atoms with E-state index in [9.17, 15) is 19.2 Å². The minimum absolute atomic E-state index is 0.0487. The summed E-state index contributed by atoms with van der Waals surface area (Å²) >= 11 is 0. The van der Waals surface area contributed by atoms with Crippen LogP contribution in [0, 0.1) is 0 Å². The van der Waals surface area contributed by atoms with Gasteiger partial charge in [0.05, 0.1) is 6.42 Å². The molecule has 2 aromatic rings. The fraction of sp³-hybridized carbons (Fsp3) is 0.304. The van der Waals surface area contributed by atoms with Crippen LogP contribution in [0.1, 0.15) is 22.3 Å². The Morgan fingerprint density at radius 1 is 1.06 bits per heavy atom. The lowest BCUT2D eigenvalue weighted by molar-refractivity contribution is -0.151. The molecule has 0 fully saturated rings. The highest BCUT2D eigenvalue weighted by atomic mass is 16.5. The quantitative estimate of drug-likeness (QED) is 0.372. The molecular formula is C23H25N3O5. The molecular weight excluding hydrogens is 398 g/mol. The first-order valence-corrected chi connectivity index (χ1v) is 10.1. The number of imide groups is 1. The molecule has 0 saturated heterocycles. The van der Waals surface area contributed by atoms with Gasteiger partial charge in [-0.25, -0.2) is 0 Å². The van der Waals surface area contributed by atoms with E-state index in [1.165, 1.54) is 0 Å². The van der Waals surface area contributed by atoms with Gasteiger partial charge < -0.3 is 15.0 Å². The Kier molecular flexibility index (Phi) is 7.37. The average Bonchev–Trinajstić information content (AvgIpc) is 2.78. The normalized spacial score (nSPS) is 12.9. The van der Waals surface area contributed by atoms with Crippen molar-refractivity contribution < 1.29 is 23.9 Å². The number of carbonyl (C=O) groups excluding carboxylic acids is 4. The number of ether oxygens (including phenoxy) is 1. The number of nitrogens with one attached hydrogen (secondary N) is 1. The average molecular weight is 423 g/mol. The Balaban J connectivity index is 1.36. The Bertz CT molecular complexity index is 961. The molecule has 0 bridgehead atoms. The minimum atomic E-state index is -0.806. The lowest BCUT2D eigenvalue weighted by Crippen LogP contribution is -2.45. The molecule has 31 heavy (non-hydrogen) atoms. The largest absolute Gasteiger partial charge is 0.454 e. The van der Waals surface area contributed by atoms with Crippen molar-refractivity contribution in [2.75, 3.05) is 38.2 Å². The van der Waals surface area contributed by atoms with Crippen molar-refractivity contribution in [1.29, 1.82) is 0 Å². The second-order valence-electron chi connectivity index (χ2n) is 7.24. The highest BCUT2D eigenvalue weighted by Gasteiger charge is 2.32. The van der Waals surface area contributed by atoms with Crippen LogP contribution < -0.4 is 10.2 Å². The molecule has 8 nitrogen and oxygen atoms in total. The number of rotatable bonds is 9. The molecule has 0 spiro atoms. The van der Waals surface area contributed by atoms with Crippen molar-refractivity contribution in [3.05, 3.63) is 65.7 Å². The number of benzene rings is 2. The Hall–Kier alpha value is -3.68. The molecule has 0 unspecified atom stereocenters. The van der Waals surface area contributed by atoms with Crippen LogP contribution >= 0.6 is 0 Å². The predicted molar refractivity (Wildman–Crippen MR) is 114 cm³/mol. The van der Waals surface area contributed by atoms with Crippen LogP contribution in [0.4, 0.5) is 5.69 Å². The maximum atomic E-state index is 12.4. The highest BCUT2D eigenvalue weighted by molar-refractivity contribution is 6.11. The van der Waals surface area contributed by atoms with E-state index in [0.717, 1.165) is 23.6 Å². The Morgan fingerprint density at radius 3 is 2.55 bits per heavy atom. The molecule has 1 N–H and O–H groups in total. The summed E-state index contributed by atoms with van der Waals surface area (Å²) in [6.45, 7) is 0.222. The Morgan fingerprint density at radius 2 is 1.77 bits per heavy atom. The van der Waals surface area contributed by atoms with E-state index in [1.807, 2.05) is 37.4 Å². The molecule has 3 rings (SSSR count). The van der Waals surface area contributed by atoms with Gasteiger partial charge in [0.2, 0.25) is 5.91 Å². The number of hydrogen-bond donors (Lipinski definition) is 1. The zero-order chi connectivity index (χ0) is 22.2. The van der Waals surface area contributed by atoms with E-state index in [0.29, 0.717) is 17.7 Å². The van der Waals surface area contributed by atoms with Gasteiger partial charge in [0.25, 0.3) is 11.8 Å². The van der Waals surface area contributed by atoms with Gasteiger partial charge in [0.1, 0.15) is 6.54 Å². The van der Waals surface area contributed by atoms with Gasteiger partial charge in [-0.15, -0.1) is 0 Å². The van der Waals surface area contributed by atoms with E-state index in [4.69, 9.17) is 4.74 Å². The van der Waals surface area contributed by atoms with E-state index < -0.39 is 36.8 Å². The minimum Gasteiger partial charge on any atom is -0.454 e. The molecule has 1 aliphatic rings. The Labute approximate surface area is 180 Å². The zero-order valence-corrected chi connectivity index (χ0v) is 17.4. The van der Waals surface area contributed by atoms with Gasteiger partial charge in [-0.2, -0.15) is 0 Å². The molecule has 0 atom stereocenters. The summed E-state index contributed by atoms with van der Waals surface area (Å²) in [5.41, 5.74) is 2.12. The summed E-state index contributed by atoms with van der Waals surface area (Å²) < 4.78 is 4.93. The van der Waals surface area contributed by atoms with Crippen molar-refractivity contribution in [2.24, 2.45) is 0 Å². The van der Waals surface area contributed by atoms with Crippen molar-refractivity contribution in [1.82, 2.24) is 10.2 Å². The van der Waals surface area contributed by atoms with E-state index >= 15 is 0 Å². The number of esters is 1. The smallest absolute Gasteiger partial charge is 0.326 e. The van der Waals surface area contributed by atoms with Crippen molar-refractivity contribution in [3.8, 4) is 0 Å². The molecule has 0 aromatic heterocycles. The van der Waals surface area contributed by atoms with Crippen LogP contribution in [-0.2, 0) is 25.5 Å². The van der Waals surface area contributed by atoms with Crippen molar-refractivity contribution in [2.45, 2.75) is 12.8 Å². The van der Waals surface area contributed by atoms with Crippen molar-refractivity contribution in [3.63, 3.8) is 0 Å². The number of carbonyl (C=O) groups is 4. The molecule has 3 amide bonds. The summed E-state index contributed by atoms with van der Waals surface area (Å²) in [5.74, 6) is -2.24. The predicted octanol–water partition coefficient (Wildman–Crippen LogP) is 1.40. The summed E-state index contributed by atoms with van der Waals surface area (Å²) in [5, 5.41) is 2.69. The zero-order valence-electron chi connectivity index (χ0n) is 17.4. The number of para-hydroxylation sites is 1. The van der Waals surface area contributed by atoms with Gasteiger partial charge in [-0.05, 0) is 30.2 Å². The van der Waals surface area contributed by atoms with Gasteiger partial charge >= 0.3 is 5.97 Å². The summed E-state index contributed by atoms with van der Waals surface area (Å²) in [6.07, 6.45) is 0.772. The fourth-order valence-electron chi connectivity index (χ4n) is 3.29. The van der Waals surface area contributed by atoms with E-state index in [1.54, 1.807) is 24.3 Å². The molecule has 1 heterocycles. The van der Waals surface area contributed by atoms with Gasteiger partial charge in [-0.3, -0.25) is 24.1 Å². The van der Waals surface area contributed by atoms with Crippen LogP contribution in [0.25, 0.3) is 0 Å². The van der Waals surface area contributed by atoms with Gasteiger partial charge in [0.15, 0.2) is 6.61 Å². The van der Waals surface area contributed by atoms with Crippen LogP contribution in [0.5, 0.6) is 0 Å². The lowest BCUT2D eigenvalue weighted by Gasteiger charge is -2.25. The number of nitrogens with zero attached hydrogens (tertiary/aromatic N) is 2. The highest BCUT2D eigenvalue weighted by Crippen LogP contribution is 2.19. The van der Waals surface area contributed by atoms with Crippen molar-refractivity contribution >= 4 is 29.4 Å². The number of anilines is 1. The third-order valence-electron chi connectivity index (χ3n) is 4.98. The van der Waals surface area contributed by atoms with Crippen LogP contribution in [0.15, 0.2) is 54.6 Å². The van der Waals surface area contributed by atoms with Gasteiger partial charge in [0, 0.05) is 31.4 Å². The number of fused-ring (bicyclic) bond motifs is 1. The summed E-state index contributed by atoms with van der Waals surface area (Å²) in [7, 11) is 1.97. The van der Waals surface area contributed by atoms with Crippen LogP contribution in [-0.4, -0.2) is 61.9 Å². The molecule has 0 saturated carbocycles. The summed E-state index contributed by atoms with van der Waals surface area (Å²) in [4.78, 5) is 51.5. The number of hydrogen-bond acceptors (Lipinski definition) is 6. The molecule has 0 radical (unpaired) electrons. The molecule has 8 heteroatoms. The maximum absolute atomic E-state index is 12.4. The lowest BCUT2D eigenvalue weighted by atomic mass is 9.98. The SMILES string of the molecule is CN(CCCNC(=O)COC(=O)CN1C(=O)Cc2ccccc2C1=O)c1ccccc1. The van der Waals surface area contributed by atoms with Gasteiger partial charge in [-0.1, -0.05) is 36.4 Å². The van der Waals surface area contributed by atoms with Crippen LogP contribution in [0.2, 0.25) is 0 Å². The molecule has 1 aliphatic heterocycles. The number of amides is 3. The first kappa shape index (κ1) is 22.0. The fourth-order valence-corrected chi connectivity index (χ4v) is 3.29.